The second-order valence-corrected chi connectivity index (χ2v) is 5.53. The van der Waals surface area contributed by atoms with Gasteiger partial charge in [0.25, 0.3) is 0 Å². The topological polar surface area (TPSA) is 56.3 Å². The lowest BCUT2D eigenvalue weighted by Crippen LogP contribution is -2.43. The number of aromatic nitrogens is 2. The van der Waals surface area contributed by atoms with Crippen LogP contribution in [0.3, 0.4) is 0 Å². The van der Waals surface area contributed by atoms with Crippen molar-refractivity contribution in [2.45, 2.75) is 30.9 Å². The molecule has 3 unspecified atom stereocenters. The molecule has 3 rings (SSSR count). The Morgan fingerprint density at radius 1 is 1.42 bits per heavy atom. The van der Waals surface area contributed by atoms with Crippen molar-refractivity contribution in [3.63, 3.8) is 0 Å². The molecule has 0 saturated carbocycles. The number of ether oxygens (including phenoxy) is 2. The van der Waals surface area contributed by atoms with Gasteiger partial charge in [0, 0.05) is 31.9 Å². The number of rotatable bonds is 3. The summed E-state index contributed by atoms with van der Waals surface area (Å²) in [6.07, 6.45) is 6.77. The lowest BCUT2D eigenvalue weighted by atomic mass is 9.79. The minimum atomic E-state index is -0.0432. The van der Waals surface area contributed by atoms with Gasteiger partial charge in [0.1, 0.15) is 0 Å². The minimum Gasteiger partial charge on any atom is -0.378 e. The molecule has 1 N–H and O–H groups in total. The maximum Gasteiger partial charge on any atom is 0.0940 e. The van der Waals surface area contributed by atoms with Gasteiger partial charge in [0.15, 0.2) is 0 Å². The van der Waals surface area contributed by atoms with E-state index in [0.717, 1.165) is 39.1 Å². The summed E-state index contributed by atoms with van der Waals surface area (Å²) in [5.41, 5.74) is 1.16. The molecule has 1 spiro atoms. The van der Waals surface area contributed by atoms with Crippen LogP contribution >= 0.6 is 0 Å². The fraction of sp³-hybridized carbons (Fsp3) is 0.714. The molecule has 1 aromatic heterocycles. The first-order chi connectivity index (χ1) is 9.33. The van der Waals surface area contributed by atoms with E-state index in [1.165, 1.54) is 5.56 Å². The van der Waals surface area contributed by atoms with Crippen molar-refractivity contribution in [1.29, 1.82) is 0 Å². The molecule has 1 aromatic rings. The van der Waals surface area contributed by atoms with E-state index in [1.54, 1.807) is 6.20 Å². The Balaban J connectivity index is 1.76. The molecule has 2 saturated heterocycles. The summed E-state index contributed by atoms with van der Waals surface area (Å²) in [7, 11) is 2.01. The molecule has 2 aliphatic rings. The molecule has 2 fully saturated rings. The highest BCUT2D eigenvalue weighted by atomic mass is 16.6. The van der Waals surface area contributed by atoms with E-state index in [1.807, 2.05) is 19.3 Å². The summed E-state index contributed by atoms with van der Waals surface area (Å²) in [6.45, 7) is 2.40. The van der Waals surface area contributed by atoms with Crippen LogP contribution in [0.5, 0.6) is 0 Å². The summed E-state index contributed by atoms with van der Waals surface area (Å²) in [4.78, 5) is 0. The Morgan fingerprint density at radius 3 is 3.05 bits per heavy atom. The summed E-state index contributed by atoms with van der Waals surface area (Å²) in [6, 6.07) is 2.36. The number of hydrogen-bond donors (Lipinski definition) is 1. The first kappa shape index (κ1) is 13.0. The monoisotopic (exact) mass is 263 g/mol. The molecular weight excluding hydrogens is 242 g/mol. The SMILES string of the molecule is CNC(c1ccnnc1)C1CCOC2(CCOC2)C1. The van der Waals surface area contributed by atoms with Gasteiger partial charge in [-0.3, -0.25) is 0 Å². The lowest BCUT2D eigenvalue weighted by molar-refractivity contribution is -0.103. The number of hydrogen-bond acceptors (Lipinski definition) is 5. The molecule has 3 atom stereocenters. The summed E-state index contributed by atoms with van der Waals surface area (Å²) < 4.78 is 11.5. The molecule has 5 heteroatoms. The molecule has 19 heavy (non-hydrogen) atoms. The maximum absolute atomic E-state index is 6.01. The highest BCUT2D eigenvalue weighted by molar-refractivity contribution is 5.13. The highest BCUT2D eigenvalue weighted by Gasteiger charge is 2.43. The first-order valence-electron chi connectivity index (χ1n) is 6.99. The molecule has 104 valence electrons. The van der Waals surface area contributed by atoms with Gasteiger partial charge in [-0.05, 0) is 37.4 Å². The van der Waals surface area contributed by atoms with E-state index in [4.69, 9.17) is 9.47 Å². The van der Waals surface area contributed by atoms with Gasteiger partial charge in [0.2, 0.25) is 0 Å². The zero-order valence-corrected chi connectivity index (χ0v) is 11.3. The third-order valence-electron chi connectivity index (χ3n) is 4.35. The van der Waals surface area contributed by atoms with Crippen molar-refractivity contribution in [1.82, 2.24) is 15.5 Å². The van der Waals surface area contributed by atoms with Gasteiger partial charge < -0.3 is 14.8 Å². The highest BCUT2D eigenvalue weighted by Crippen LogP contribution is 2.40. The molecular formula is C14H21N3O2. The van der Waals surface area contributed by atoms with Crippen molar-refractivity contribution >= 4 is 0 Å². The standard InChI is InChI=1S/C14H21N3O2/c1-15-13(12-2-5-16-17-9-12)11-3-6-19-14(8-11)4-7-18-10-14/h2,5,9,11,13,15H,3-4,6-8,10H2,1H3. The van der Waals surface area contributed by atoms with E-state index < -0.39 is 0 Å². The summed E-state index contributed by atoms with van der Waals surface area (Å²) in [5.74, 6) is 0.560. The van der Waals surface area contributed by atoms with Crippen LogP contribution in [0.2, 0.25) is 0 Å². The fourth-order valence-electron chi connectivity index (χ4n) is 3.37. The average molecular weight is 263 g/mol. The zero-order chi connectivity index (χ0) is 13.1. The largest absolute Gasteiger partial charge is 0.378 e. The van der Waals surface area contributed by atoms with Gasteiger partial charge in [0.05, 0.1) is 18.4 Å². The molecule has 0 aromatic carbocycles. The smallest absolute Gasteiger partial charge is 0.0940 e. The summed E-state index contributed by atoms with van der Waals surface area (Å²) >= 11 is 0. The van der Waals surface area contributed by atoms with Crippen molar-refractivity contribution in [3.8, 4) is 0 Å². The van der Waals surface area contributed by atoms with Gasteiger partial charge in [-0.2, -0.15) is 10.2 Å². The van der Waals surface area contributed by atoms with E-state index in [2.05, 4.69) is 15.5 Å². The van der Waals surface area contributed by atoms with Crippen molar-refractivity contribution < 1.29 is 9.47 Å². The third-order valence-corrected chi connectivity index (χ3v) is 4.35. The Hall–Kier alpha value is -1.04. The Bertz CT molecular complexity index is 406. The Morgan fingerprint density at radius 2 is 2.37 bits per heavy atom. The summed E-state index contributed by atoms with van der Waals surface area (Å²) in [5, 5.41) is 11.3. The number of nitrogens with zero attached hydrogens (tertiary/aromatic N) is 2. The number of nitrogens with one attached hydrogen (secondary N) is 1. The lowest BCUT2D eigenvalue weighted by Gasteiger charge is -2.40. The van der Waals surface area contributed by atoms with Gasteiger partial charge in [-0.25, -0.2) is 0 Å². The van der Waals surface area contributed by atoms with Gasteiger partial charge in [-0.1, -0.05) is 0 Å². The Kier molecular flexibility index (Phi) is 3.77. The molecule has 3 heterocycles. The van der Waals surface area contributed by atoms with Gasteiger partial charge >= 0.3 is 0 Å². The second kappa shape index (κ2) is 5.53. The quantitative estimate of drug-likeness (QED) is 0.891. The van der Waals surface area contributed by atoms with Crippen LogP contribution in [0.4, 0.5) is 0 Å². The van der Waals surface area contributed by atoms with E-state index in [0.29, 0.717) is 12.0 Å². The third kappa shape index (κ3) is 2.63. The van der Waals surface area contributed by atoms with Crippen molar-refractivity contribution in [3.05, 3.63) is 24.0 Å². The van der Waals surface area contributed by atoms with Crippen LogP contribution in [0.15, 0.2) is 18.5 Å². The first-order valence-corrected chi connectivity index (χ1v) is 6.99. The zero-order valence-electron chi connectivity index (χ0n) is 11.3. The van der Waals surface area contributed by atoms with E-state index in [9.17, 15) is 0 Å². The molecule has 0 amide bonds. The predicted molar refractivity (Wildman–Crippen MR) is 70.7 cm³/mol. The molecule has 0 aliphatic carbocycles. The molecule has 2 aliphatic heterocycles. The van der Waals surface area contributed by atoms with Gasteiger partial charge in [-0.15, -0.1) is 0 Å². The van der Waals surface area contributed by atoms with Crippen LogP contribution < -0.4 is 5.32 Å². The Labute approximate surface area is 113 Å². The van der Waals surface area contributed by atoms with Crippen LogP contribution in [0.1, 0.15) is 30.9 Å². The van der Waals surface area contributed by atoms with Crippen molar-refractivity contribution in [2.24, 2.45) is 5.92 Å². The molecule has 5 nitrogen and oxygen atoms in total. The predicted octanol–water partition coefficient (Wildman–Crippen LogP) is 1.32. The minimum absolute atomic E-state index is 0.0432. The maximum atomic E-state index is 6.01. The second-order valence-electron chi connectivity index (χ2n) is 5.53. The van der Waals surface area contributed by atoms with Crippen LogP contribution in [0, 0.1) is 5.92 Å². The van der Waals surface area contributed by atoms with Crippen LogP contribution in [-0.2, 0) is 9.47 Å². The normalized spacial score (nSPS) is 32.6. The van der Waals surface area contributed by atoms with E-state index >= 15 is 0 Å². The van der Waals surface area contributed by atoms with Crippen molar-refractivity contribution in [2.75, 3.05) is 26.9 Å². The van der Waals surface area contributed by atoms with Crippen LogP contribution in [-0.4, -0.2) is 42.7 Å². The average Bonchev–Trinajstić information content (AvgIpc) is 2.89. The molecule has 0 radical (unpaired) electrons. The molecule has 0 bridgehead atoms. The van der Waals surface area contributed by atoms with Crippen LogP contribution in [0.25, 0.3) is 0 Å². The fourth-order valence-corrected chi connectivity index (χ4v) is 3.37. The van der Waals surface area contributed by atoms with E-state index in [-0.39, 0.29) is 5.60 Å².